The minimum Gasteiger partial charge on any atom is -0.439 e. The van der Waals surface area contributed by atoms with Crippen molar-refractivity contribution in [2.24, 2.45) is 0 Å². The fourth-order valence-electron chi connectivity index (χ4n) is 3.73. The van der Waals surface area contributed by atoms with Crippen LogP contribution in [0, 0.1) is 0 Å². The van der Waals surface area contributed by atoms with Crippen LogP contribution in [0.4, 0.5) is 5.00 Å². The molecule has 3 aromatic rings. The van der Waals surface area contributed by atoms with E-state index in [0.29, 0.717) is 28.7 Å². The number of ether oxygens (including phenoxy) is 1. The molecule has 0 bridgehead atoms. The average Bonchev–Trinajstić information content (AvgIpc) is 3.45. The van der Waals surface area contributed by atoms with Crippen molar-refractivity contribution in [3.8, 4) is 0 Å². The zero-order chi connectivity index (χ0) is 24.3. The van der Waals surface area contributed by atoms with Crippen molar-refractivity contribution in [3.05, 3.63) is 63.2 Å². The van der Waals surface area contributed by atoms with Gasteiger partial charge in [-0.05, 0) is 67.6 Å². The molecule has 0 radical (unpaired) electrons. The number of fused-ring (bicyclic) bond motifs is 1. The first-order valence-corrected chi connectivity index (χ1v) is 13.3. The minimum absolute atomic E-state index is 0.000781. The number of halogens is 1. The first kappa shape index (κ1) is 24.5. The van der Waals surface area contributed by atoms with Crippen molar-refractivity contribution in [1.29, 1.82) is 0 Å². The number of furan rings is 1. The Labute approximate surface area is 206 Å². The number of carbonyl (C=O) groups excluding carboxylic acids is 2. The van der Waals surface area contributed by atoms with E-state index >= 15 is 0 Å². The van der Waals surface area contributed by atoms with Gasteiger partial charge in [-0.3, -0.25) is 9.59 Å². The molecule has 11 heteroatoms. The molecule has 2 amide bonds. The second-order valence-electron chi connectivity index (χ2n) is 7.69. The molecule has 34 heavy (non-hydrogen) atoms. The predicted molar refractivity (Wildman–Crippen MR) is 129 cm³/mol. The highest BCUT2D eigenvalue weighted by atomic mass is 35.5. The molecule has 1 aliphatic rings. The highest BCUT2D eigenvalue weighted by Crippen LogP contribution is 2.38. The number of nitrogens with one attached hydrogen (secondary N) is 2. The molecular weight excluding hydrogens is 500 g/mol. The third kappa shape index (κ3) is 5.05. The lowest BCUT2D eigenvalue weighted by Crippen LogP contribution is -2.28. The third-order valence-corrected chi connectivity index (χ3v) is 8.51. The van der Waals surface area contributed by atoms with Crippen LogP contribution in [-0.2, 0) is 27.4 Å². The molecule has 0 saturated heterocycles. The van der Waals surface area contributed by atoms with Gasteiger partial charge in [0.05, 0.1) is 17.1 Å². The van der Waals surface area contributed by atoms with E-state index in [0.717, 1.165) is 36.1 Å². The molecule has 1 aliphatic carbocycles. The Bertz CT molecular complexity index is 1310. The Morgan fingerprint density at radius 3 is 2.56 bits per heavy atom. The summed E-state index contributed by atoms with van der Waals surface area (Å²) in [6.07, 6.45) is 3.60. The molecule has 0 unspecified atom stereocenters. The average molecular weight is 523 g/mol. The molecule has 0 aliphatic heterocycles. The van der Waals surface area contributed by atoms with Crippen molar-refractivity contribution in [1.82, 2.24) is 5.32 Å². The Hall–Kier alpha value is -2.66. The topological polar surface area (TPSA) is 115 Å². The second-order valence-corrected chi connectivity index (χ2v) is 11.1. The first-order chi connectivity index (χ1) is 16.3. The number of sulfone groups is 1. The molecule has 2 N–H and O–H groups in total. The SMILES string of the molecule is COCCNC(=O)c1c(NC(=O)c2ccc(S(=O)(=O)c3ccc(Cl)cc3)o2)sc2c1CCCC2. The molecule has 2 heterocycles. The maximum absolute atomic E-state index is 12.9. The summed E-state index contributed by atoms with van der Waals surface area (Å²) in [5.41, 5.74) is 1.40. The van der Waals surface area contributed by atoms with E-state index in [1.807, 2.05) is 0 Å². The number of methoxy groups -OCH3 is 1. The van der Waals surface area contributed by atoms with Crippen LogP contribution in [0.3, 0.4) is 0 Å². The molecule has 1 aromatic carbocycles. The molecule has 0 fully saturated rings. The van der Waals surface area contributed by atoms with Crippen LogP contribution in [0.15, 0.2) is 50.8 Å². The van der Waals surface area contributed by atoms with Gasteiger partial charge in [-0.2, -0.15) is 0 Å². The molecule has 2 aromatic heterocycles. The molecule has 0 saturated carbocycles. The van der Waals surface area contributed by atoms with E-state index in [9.17, 15) is 18.0 Å². The summed E-state index contributed by atoms with van der Waals surface area (Å²) in [6, 6.07) is 8.18. The van der Waals surface area contributed by atoms with E-state index in [4.69, 9.17) is 20.8 Å². The predicted octanol–water partition coefficient (Wildman–Crippen LogP) is 4.33. The number of rotatable bonds is 8. The van der Waals surface area contributed by atoms with Crippen molar-refractivity contribution < 1.29 is 27.2 Å². The highest BCUT2D eigenvalue weighted by molar-refractivity contribution is 7.91. The molecule has 0 atom stereocenters. The summed E-state index contributed by atoms with van der Waals surface area (Å²) in [5.74, 6) is -1.09. The first-order valence-electron chi connectivity index (χ1n) is 10.6. The van der Waals surface area contributed by atoms with E-state index in [1.165, 1.54) is 47.7 Å². The molecule has 8 nitrogen and oxygen atoms in total. The largest absolute Gasteiger partial charge is 0.439 e. The van der Waals surface area contributed by atoms with Crippen LogP contribution >= 0.6 is 22.9 Å². The maximum Gasteiger partial charge on any atom is 0.292 e. The van der Waals surface area contributed by atoms with Gasteiger partial charge in [-0.15, -0.1) is 11.3 Å². The number of hydrogen-bond donors (Lipinski definition) is 2. The zero-order valence-electron chi connectivity index (χ0n) is 18.4. The standard InChI is InChI=1S/C23H23ClN2O6S2/c1-31-13-12-25-22(28)20-16-4-2-3-5-18(16)33-23(20)26-21(27)17-10-11-19(32-17)34(29,30)15-8-6-14(24)7-9-15/h6-11H,2-5,12-13H2,1H3,(H,25,28)(H,26,27). The van der Waals surface area contributed by atoms with Crippen molar-refractivity contribution >= 4 is 49.6 Å². The van der Waals surface area contributed by atoms with Crippen LogP contribution in [0.25, 0.3) is 0 Å². The van der Waals surface area contributed by atoms with E-state index in [2.05, 4.69) is 10.6 Å². The molecule has 0 spiro atoms. The molecule has 4 rings (SSSR count). The van der Waals surface area contributed by atoms with E-state index in [-0.39, 0.29) is 21.7 Å². The Kier molecular flexibility index (Phi) is 7.42. The highest BCUT2D eigenvalue weighted by Gasteiger charge is 2.28. The number of benzene rings is 1. The van der Waals surface area contributed by atoms with Gasteiger partial charge < -0.3 is 19.8 Å². The Morgan fingerprint density at radius 1 is 1.09 bits per heavy atom. The smallest absolute Gasteiger partial charge is 0.292 e. The quantitative estimate of drug-likeness (QED) is 0.425. The Balaban J connectivity index is 1.58. The number of aryl methyl sites for hydroxylation is 1. The summed E-state index contributed by atoms with van der Waals surface area (Å²) in [6.45, 7) is 0.717. The Morgan fingerprint density at radius 2 is 1.82 bits per heavy atom. The van der Waals surface area contributed by atoms with Crippen LogP contribution in [-0.4, -0.2) is 40.5 Å². The normalized spacial score (nSPS) is 13.4. The molecule has 180 valence electrons. The summed E-state index contributed by atoms with van der Waals surface area (Å²) in [5, 5.41) is 6.03. The number of thiophene rings is 1. The van der Waals surface area contributed by atoms with Gasteiger partial charge in [0.25, 0.3) is 11.8 Å². The minimum atomic E-state index is -3.96. The van der Waals surface area contributed by atoms with Crippen molar-refractivity contribution in [3.63, 3.8) is 0 Å². The van der Waals surface area contributed by atoms with E-state index in [1.54, 1.807) is 7.11 Å². The zero-order valence-corrected chi connectivity index (χ0v) is 20.7. The number of amides is 2. The third-order valence-electron chi connectivity index (χ3n) is 5.41. The van der Waals surface area contributed by atoms with Crippen LogP contribution in [0.1, 0.15) is 44.2 Å². The molecular formula is C23H23ClN2O6S2. The summed E-state index contributed by atoms with van der Waals surface area (Å²) >= 11 is 7.20. The van der Waals surface area contributed by atoms with Crippen molar-refractivity contribution in [2.75, 3.05) is 25.6 Å². The van der Waals surface area contributed by atoms with Gasteiger partial charge in [-0.1, -0.05) is 11.6 Å². The maximum atomic E-state index is 12.9. The van der Waals surface area contributed by atoms with Crippen LogP contribution in [0.2, 0.25) is 5.02 Å². The van der Waals surface area contributed by atoms with Gasteiger partial charge >= 0.3 is 0 Å². The lowest BCUT2D eigenvalue weighted by molar-refractivity contribution is 0.0937. The lowest BCUT2D eigenvalue weighted by Gasteiger charge is -2.13. The fourth-order valence-corrected chi connectivity index (χ4v) is 6.31. The van der Waals surface area contributed by atoms with Crippen LogP contribution < -0.4 is 10.6 Å². The van der Waals surface area contributed by atoms with Gasteiger partial charge in [0.2, 0.25) is 14.9 Å². The second kappa shape index (κ2) is 10.3. The van der Waals surface area contributed by atoms with Crippen LogP contribution in [0.5, 0.6) is 0 Å². The number of hydrogen-bond acceptors (Lipinski definition) is 7. The van der Waals surface area contributed by atoms with Gasteiger partial charge in [0.1, 0.15) is 5.00 Å². The fraction of sp³-hybridized carbons (Fsp3) is 0.304. The summed E-state index contributed by atoms with van der Waals surface area (Å²) < 4.78 is 36.0. The van der Waals surface area contributed by atoms with Crippen molar-refractivity contribution in [2.45, 2.75) is 35.7 Å². The summed E-state index contributed by atoms with van der Waals surface area (Å²) in [7, 11) is -2.41. The van der Waals surface area contributed by atoms with Gasteiger partial charge in [-0.25, -0.2) is 8.42 Å². The number of carbonyl (C=O) groups is 2. The van der Waals surface area contributed by atoms with E-state index < -0.39 is 15.7 Å². The summed E-state index contributed by atoms with van der Waals surface area (Å²) in [4.78, 5) is 26.9. The lowest BCUT2D eigenvalue weighted by atomic mass is 9.95. The monoisotopic (exact) mass is 522 g/mol. The van der Waals surface area contributed by atoms with Gasteiger partial charge in [0.15, 0.2) is 5.76 Å². The number of anilines is 1. The van der Waals surface area contributed by atoms with Gasteiger partial charge in [0, 0.05) is 23.6 Å².